The van der Waals surface area contributed by atoms with Crippen molar-refractivity contribution < 1.29 is 14.3 Å². The minimum atomic E-state index is -0.321. The van der Waals surface area contributed by atoms with Gasteiger partial charge in [-0.1, -0.05) is 6.07 Å². The monoisotopic (exact) mass is 304 g/mol. The Morgan fingerprint density at radius 2 is 1.95 bits per heavy atom. The average Bonchev–Trinajstić information content (AvgIpc) is 2.92. The lowest BCUT2D eigenvalue weighted by Gasteiger charge is -2.22. The Labute approximate surface area is 131 Å². The third kappa shape index (κ3) is 4.23. The third-order valence-electron chi connectivity index (χ3n) is 3.83. The quantitative estimate of drug-likeness (QED) is 0.844. The van der Waals surface area contributed by atoms with Crippen molar-refractivity contribution in [3.8, 4) is 5.75 Å². The van der Waals surface area contributed by atoms with E-state index < -0.39 is 0 Å². The van der Waals surface area contributed by atoms with Gasteiger partial charge in [0.2, 0.25) is 11.8 Å². The van der Waals surface area contributed by atoms with Gasteiger partial charge in [0.15, 0.2) is 0 Å². The van der Waals surface area contributed by atoms with E-state index in [0.717, 1.165) is 29.7 Å². The van der Waals surface area contributed by atoms with Gasteiger partial charge in [-0.15, -0.1) is 0 Å². The molecule has 1 aromatic rings. The van der Waals surface area contributed by atoms with E-state index in [0.29, 0.717) is 19.7 Å². The molecule has 5 heteroatoms. The molecular weight excluding hydrogens is 280 g/mol. The summed E-state index contributed by atoms with van der Waals surface area (Å²) in [4.78, 5) is 25.2. The molecule has 2 amide bonds. The van der Waals surface area contributed by atoms with Gasteiger partial charge in [-0.05, 0) is 49.9 Å². The zero-order valence-electron chi connectivity index (χ0n) is 13.5. The van der Waals surface area contributed by atoms with Crippen molar-refractivity contribution in [3.63, 3.8) is 0 Å². The highest BCUT2D eigenvalue weighted by Crippen LogP contribution is 2.17. The summed E-state index contributed by atoms with van der Waals surface area (Å²) in [6.07, 6.45) is 1.63. The summed E-state index contributed by atoms with van der Waals surface area (Å²) in [5.41, 5.74) is 2.31. The number of hydrogen-bond acceptors (Lipinski definition) is 3. The number of aryl methyl sites for hydroxylation is 2. The molecular formula is C17H24N2O3. The number of carbonyl (C=O) groups is 2. The van der Waals surface area contributed by atoms with Crippen LogP contribution < -0.4 is 10.1 Å². The second-order valence-corrected chi connectivity index (χ2v) is 5.83. The zero-order chi connectivity index (χ0) is 16.1. The molecule has 0 saturated carbocycles. The van der Waals surface area contributed by atoms with Crippen LogP contribution in [0.4, 0.5) is 0 Å². The number of ether oxygens (including phenoxy) is 1. The Morgan fingerprint density at radius 3 is 2.59 bits per heavy atom. The van der Waals surface area contributed by atoms with E-state index in [1.54, 1.807) is 4.90 Å². The Morgan fingerprint density at radius 1 is 1.27 bits per heavy atom. The molecule has 2 rings (SSSR count). The minimum Gasteiger partial charge on any atom is -0.492 e. The molecule has 1 saturated heterocycles. The van der Waals surface area contributed by atoms with Gasteiger partial charge >= 0.3 is 0 Å². The van der Waals surface area contributed by atoms with E-state index >= 15 is 0 Å². The molecule has 0 aliphatic carbocycles. The van der Waals surface area contributed by atoms with Crippen LogP contribution >= 0.6 is 0 Å². The molecule has 0 unspecified atom stereocenters. The molecule has 5 nitrogen and oxygen atoms in total. The van der Waals surface area contributed by atoms with Crippen molar-refractivity contribution in [3.05, 3.63) is 29.3 Å². The van der Waals surface area contributed by atoms with Gasteiger partial charge in [0.05, 0.1) is 6.54 Å². The number of nitrogens with one attached hydrogen (secondary N) is 1. The first-order valence-electron chi connectivity index (χ1n) is 7.73. The Hall–Kier alpha value is -2.04. The normalized spacial score (nSPS) is 17.4. The predicted octanol–water partition coefficient (Wildman–Crippen LogP) is 1.81. The van der Waals surface area contributed by atoms with Crippen LogP contribution in [-0.2, 0) is 9.59 Å². The van der Waals surface area contributed by atoms with Crippen molar-refractivity contribution in [1.29, 1.82) is 0 Å². The van der Waals surface area contributed by atoms with Gasteiger partial charge in [0, 0.05) is 13.5 Å². The molecule has 1 N–H and O–H groups in total. The topological polar surface area (TPSA) is 58.6 Å². The maximum Gasteiger partial charge on any atom is 0.242 e. The number of nitrogens with zero attached hydrogens (tertiary/aromatic N) is 1. The maximum absolute atomic E-state index is 12.1. The Kier molecular flexibility index (Phi) is 5.41. The van der Waals surface area contributed by atoms with Gasteiger partial charge < -0.3 is 15.0 Å². The van der Waals surface area contributed by atoms with Crippen molar-refractivity contribution >= 4 is 11.8 Å². The SMILES string of the molecule is CC(=O)N1CCC[C@@H]1C(=O)NCCOc1cc(C)cc(C)c1. The van der Waals surface area contributed by atoms with Crippen LogP contribution in [0, 0.1) is 13.8 Å². The fourth-order valence-electron chi connectivity index (χ4n) is 2.89. The van der Waals surface area contributed by atoms with E-state index in [4.69, 9.17) is 4.74 Å². The molecule has 120 valence electrons. The van der Waals surface area contributed by atoms with Crippen LogP contribution in [0.3, 0.4) is 0 Å². The summed E-state index contributed by atoms with van der Waals surface area (Å²) in [6, 6.07) is 5.72. The summed E-state index contributed by atoms with van der Waals surface area (Å²) >= 11 is 0. The predicted molar refractivity (Wildman–Crippen MR) is 84.8 cm³/mol. The van der Waals surface area contributed by atoms with Crippen LogP contribution in [0.15, 0.2) is 18.2 Å². The summed E-state index contributed by atoms with van der Waals surface area (Å²) in [5, 5.41) is 2.85. The number of carbonyl (C=O) groups excluding carboxylic acids is 2. The highest BCUT2D eigenvalue weighted by atomic mass is 16.5. The second-order valence-electron chi connectivity index (χ2n) is 5.83. The van der Waals surface area contributed by atoms with Gasteiger partial charge in [-0.2, -0.15) is 0 Å². The third-order valence-corrected chi connectivity index (χ3v) is 3.83. The number of hydrogen-bond donors (Lipinski definition) is 1. The van der Waals surface area contributed by atoms with E-state index in [2.05, 4.69) is 11.4 Å². The van der Waals surface area contributed by atoms with Crippen molar-refractivity contribution in [2.24, 2.45) is 0 Å². The zero-order valence-corrected chi connectivity index (χ0v) is 13.5. The van der Waals surface area contributed by atoms with E-state index in [-0.39, 0.29) is 17.9 Å². The average molecular weight is 304 g/mol. The summed E-state index contributed by atoms with van der Waals surface area (Å²) in [5.74, 6) is 0.693. The van der Waals surface area contributed by atoms with Crippen LogP contribution in [0.25, 0.3) is 0 Å². The number of amides is 2. The lowest BCUT2D eigenvalue weighted by molar-refractivity contribution is -0.136. The van der Waals surface area contributed by atoms with Crippen molar-refractivity contribution in [2.45, 2.75) is 39.7 Å². The van der Waals surface area contributed by atoms with Gasteiger partial charge in [0.1, 0.15) is 18.4 Å². The molecule has 1 atom stereocenters. The fourth-order valence-corrected chi connectivity index (χ4v) is 2.89. The fraction of sp³-hybridized carbons (Fsp3) is 0.529. The number of rotatable bonds is 5. The Balaban J connectivity index is 1.76. The van der Waals surface area contributed by atoms with Crippen molar-refractivity contribution in [2.75, 3.05) is 19.7 Å². The lowest BCUT2D eigenvalue weighted by Crippen LogP contribution is -2.46. The number of likely N-dealkylation sites (tertiary alicyclic amines) is 1. The molecule has 22 heavy (non-hydrogen) atoms. The first-order chi connectivity index (χ1) is 10.5. The molecule has 0 aromatic heterocycles. The summed E-state index contributed by atoms with van der Waals surface area (Å²) in [6.45, 7) is 7.09. The first kappa shape index (κ1) is 16.3. The molecule has 1 fully saturated rings. The highest BCUT2D eigenvalue weighted by molar-refractivity contribution is 5.87. The van der Waals surface area contributed by atoms with E-state index in [1.165, 1.54) is 6.92 Å². The Bertz CT molecular complexity index is 537. The first-order valence-corrected chi connectivity index (χ1v) is 7.73. The minimum absolute atomic E-state index is 0.0378. The smallest absolute Gasteiger partial charge is 0.242 e. The molecule has 0 bridgehead atoms. The molecule has 1 heterocycles. The standard InChI is InChI=1S/C17H24N2O3/c1-12-9-13(2)11-15(10-12)22-8-6-18-17(21)16-5-4-7-19(16)14(3)20/h9-11,16H,4-8H2,1-3H3,(H,18,21)/t16-/m1/s1. The number of benzene rings is 1. The molecule has 0 radical (unpaired) electrons. The van der Waals surface area contributed by atoms with Crippen LogP contribution in [0.5, 0.6) is 5.75 Å². The second kappa shape index (κ2) is 7.29. The van der Waals surface area contributed by atoms with Gasteiger partial charge in [-0.3, -0.25) is 9.59 Å². The van der Waals surface area contributed by atoms with Gasteiger partial charge in [0.25, 0.3) is 0 Å². The van der Waals surface area contributed by atoms with Crippen LogP contribution in [-0.4, -0.2) is 42.5 Å². The molecule has 1 aliphatic rings. The van der Waals surface area contributed by atoms with E-state index in [1.807, 2.05) is 26.0 Å². The summed E-state index contributed by atoms with van der Waals surface area (Å²) in [7, 11) is 0. The van der Waals surface area contributed by atoms with Crippen LogP contribution in [0.1, 0.15) is 30.9 Å². The molecule has 1 aliphatic heterocycles. The molecule has 0 spiro atoms. The van der Waals surface area contributed by atoms with Crippen LogP contribution in [0.2, 0.25) is 0 Å². The maximum atomic E-state index is 12.1. The largest absolute Gasteiger partial charge is 0.492 e. The van der Waals surface area contributed by atoms with Gasteiger partial charge in [-0.25, -0.2) is 0 Å². The highest BCUT2D eigenvalue weighted by Gasteiger charge is 2.31. The van der Waals surface area contributed by atoms with Crippen molar-refractivity contribution in [1.82, 2.24) is 10.2 Å². The lowest BCUT2D eigenvalue weighted by atomic mass is 10.1. The van der Waals surface area contributed by atoms with E-state index in [9.17, 15) is 9.59 Å². The molecule has 1 aromatic carbocycles. The summed E-state index contributed by atoms with van der Waals surface area (Å²) < 4.78 is 5.66.